The number of nitrogens with one attached hydrogen (secondary N) is 1. The molecule has 0 amide bonds. The van der Waals surface area contributed by atoms with E-state index in [2.05, 4.69) is 5.32 Å². The monoisotopic (exact) mass is 288 g/mol. The molecule has 0 fully saturated rings. The van der Waals surface area contributed by atoms with Crippen molar-refractivity contribution in [3.05, 3.63) is 64.2 Å². The summed E-state index contributed by atoms with van der Waals surface area (Å²) in [6.45, 7) is 1.99. The van der Waals surface area contributed by atoms with Crippen LogP contribution in [0.4, 0.5) is 11.4 Å². The van der Waals surface area contributed by atoms with E-state index < -0.39 is 0 Å². The Hall–Kier alpha value is -2.01. The summed E-state index contributed by atoms with van der Waals surface area (Å²) in [5, 5.41) is 14.1. The van der Waals surface area contributed by atoms with E-state index in [1.807, 2.05) is 43.5 Å². The zero-order valence-electron chi connectivity index (χ0n) is 11.4. The molecule has 0 aliphatic rings. The van der Waals surface area contributed by atoms with Crippen LogP contribution in [-0.4, -0.2) is 11.2 Å². The van der Waals surface area contributed by atoms with Crippen molar-refractivity contribution in [3.63, 3.8) is 0 Å². The quantitative estimate of drug-likeness (QED) is 0.500. The van der Waals surface area contributed by atoms with Crippen LogP contribution in [0.1, 0.15) is 18.5 Å². The number of anilines is 1. The molecular formula is C15H16N2O2S. The first kappa shape index (κ1) is 14.4. The number of nitro groups is 1. The topological polar surface area (TPSA) is 55.2 Å². The number of hydrogen-bond donors (Lipinski definition) is 1. The Bertz CT molecular complexity index is 599. The Kier molecular flexibility index (Phi) is 4.63. The first-order valence-corrected chi connectivity index (χ1v) is 7.47. The molecule has 5 heteroatoms. The normalized spacial score (nSPS) is 11.9. The number of hydrogen-bond acceptors (Lipinski definition) is 4. The summed E-state index contributed by atoms with van der Waals surface area (Å²) in [7, 11) is 0. The molecule has 0 spiro atoms. The lowest BCUT2D eigenvalue weighted by atomic mass is 10.1. The summed E-state index contributed by atoms with van der Waals surface area (Å²) < 4.78 is 0. The highest BCUT2D eigenvalue weighted by Crippen LogP contribution is 2.24. The van der Waals surface area contributed by atoms with Crippen molar-refractivity contribution < 1.29 is 4.92 Å². The highest BCUT2D eigenvalue weighted by molar-refractivity contribution is 7.98. The van der Waals surface area contributed by atoms with Crippen molar-refractivity contribution in [2.24, 2.45) is 0 Å². The summed E-state index contributed by atoms with van der Waals surface area (Å²) in [4.78, 5) is 11.6. The van der Waals surface area contributed by atoms with Crippen LogP contribution in [0.3, 0.4) is 0 Å². The van der Waals surface area contributed by atoms with Gasteiger partial charge >= 0.3 is 0 Å². The maximum atomic E-state index is 10.8. The number of rotatable bonds is 5. The van der Waals surface area contributed by atoms with E-state index in [-0.39, 0.29) is 16.7 Å². The van der Waals surface area contributed by atoms with Gasteiger partial charge in [-0.3, -0.25) is 10.1 Å². The van der Waals surface area contributed by atoms with E-state index in [4.69, 9.17) is 0 Å². The van der Waals surface area contributed by atoms with Gasteiger partial charge in [0.2, 0.25) is 0 Å². The Morgan fingerprint density at radius 3 is 2.50 bits per heavy atom. The Morgan fingerprint density at radius 1 is 1.20 bits per heavy atom. The SMILES string of the molecule is CSc1ccc(NC(C)c2cccc([N+](=O)[O-])c2)cc1. The third-order valence-electron chi connectivity index (χ3n) is 3.05. The Morgan fingerprint density at radius 2 is 1.90 bits per heavy atom. The van der Waals surface area contributed by atoms with Crippen molar-refractivity contribution in [2.75, 3.05) is 11.6 Å². The molecule has 2 rings (SSSR count). The van der Waals surface area contributed by atoms with Crippen molar-refractivity contribution in [3.8, 4) is 0 Å². The fourth-order valence-electron chi connectivity index (χ4n) is 1.93. The average molecular weight is 288 g/mol. The Balaban J connectivity index is 2.12. The zero-order chi connectivity index (χ0) is 14.5. The lowest BCUT2D eigenvalue weighted by Crippen LogP contribution is -2.06. The molecule has 0 aliphatic carbocycles. The number of nitro benzene ring substituents is 1. The second-order valence-electron chi connectivity index (χ2n) is 4.45. The first-order chi connectivity index (χ1) is 9.60. The van der Waals surface area contributed by atoms with E-state index in [0.29, 0.717) is 0 Å². The largest absolute Gasteiger partial charge is 0.379 e. The molecule has 104 valence electrons. The summed E-state index contributed by atoms with van der Waals surface area (Å²) in [6, 6.07) is 14.8. The van der Waals surface area contributed by atoms with Gasteiger partial charge < -0.3 is 5.32 Å². The fourth-order valence-corrected chi connectivity index (χ4v) is 2.34. The molecule has 0 aliphatic heterocycles. The molecule has 1 unspecified atom stereocenters. The molecule has 2 aromatic carbocycles. The second kappa shape index (κ2) is 6.43. The van der Waals surface area contributed by atoms with Gasteiger partial charge in [-0.15, -0.1) is 11.8 Å². The average Bonchev–Trinajstić information content (AvgIpc) is 2.48. The second-order valence-corrected chi connectivity index (χ2v) is 5.33. The van der Waals surface area contributed by atoms with Crippen LogP contribution in [-0.2, 0) is 0 Å². The zero-order valence-corrected chi connectivity index (χ0v) is 12.2. The van der Waals surface area contributed by atoms with Gasteiger partial charge in [-0.25, -0.2) is 0 Å². The van der Waals surface area contributed by atoms with Gasteiger partial charge in [0.15, 0.2) is 0 Å². The van der Waals surface area contributed by atoms with E-state index in [1.165, 1.54) is 11.0 Å². The fraction of sp³-hybridized carbons (Fsp3) is 0.200. The third kappa shape index (κ3) is 3.51. The molecule has 4 nitrogen and oxygen atoms in total. The maximum absolute atomic E-state index is 10.8. The number of nitrogens with zero attached hydrogens (tertiary/aromatic N) is 1. The van der Waals surface area contributed by atoms with E-state index in [9.17, 15) is 10.1 Å². The minimum atomic E-state index is -0.372. The van der Waals surface area contributed by atoms with Gasteiger partial charge in [-0.1, -0.05) is 12.1 Å². The van der Waals surface area contributed by atoms with Crippen molar-refractivity contribution >= 4 is 23.1 Å². The van der Waals surface area contributed by atoms with Crippen LogP contribution < -0.4 is 5.32 Å². The number of benzene rings is 2. The molecule has 1 atom stereocenters. The van der Waals surface area contributed by atoms with Crippen molar-refractivity contribution in [2.45, 2.75) is 17.9 Å². The molecule has 2 aromatic rings. The standard InChI is InChI=1S/C15H16N2O2S/c1-11(12-4-3-5-14(10-12)17(18)19)16-13-6-8-15(20-2)9-7-13/h3-11,16H,1-2H3. The van der Waals surface area contributed by atoms with Crippen molar-refractivity contribution in [1.82, 2.24) is 0 Å². The summed E-state index contributed by atoms with van der Waals surface area (Å²) >= 11 is 1.70. The lowest BCUT2D eigenvalue weighted by Gasteiger charge is -2.15. The Labute approximate surface area is 122 Å². The number of non-ortho nitro benzene ring substituents is 1. The van der Waals surface area contributed by atoms with Gasteiger partial charge in [-0.2, -0.15) is 0 Å². The minimum absolute atomic E-state index is 0.00929. The minimum Gasteiger partial charge on any atom is -0.379 e. The van der Waals surface area contributed by atoms with Crippen LogP contribution in [0, 0.1) is 10.1 Å². The van der Waals surface area contributed by atoms with Crippen molar-refractivity contribution in [1.29, 1.82) is 0 Å². The summed E-state index contributed by atoms with van der Waals surface area (Å²) in [5.41, 5.74) is 2.02. The van der Waals surface area contributed by atoms with Crippen LogP contribution in [0.25, 0.3) is 0 Å². The molecule has 0 radical (unpaired) electrons. The molecule has 0 saturated heterocycles. The van der Waals surface area contributed by atoms with Gasteiger partial charge in [0.25, 0.3) is 5.69 Å². The van der Waals surface area contributed by atoms with Crippen LogP contribution >= 0.6 is 11.8 Å². The number of thioether (sulfide) groups is 1. The summed E-state index contributed by atoms with van der Waals surface area (Å²) in [5.74, 6) is 0. The lowest BCUT2D eigenvalue weighted by molar-refractivity contribution is -0.384. The van der Waals surface area contributed by atoms with E-state index >= 15 is 0 Å². The molecule has 1 N–H and O–H groups in total. The molecule has 0 aromatic heterocycles. The third-order valence-corrected chi connectivity index (χ3v) is 3.80. The van der Waals surface area contributed by atoms with Gasteiger partial charge in [-0.05, 0) is 43.0 Å². The van der Waals surface area contributed by atoms with Gasteiger partial charge in [0.1, 0.15) is 0 Å². The van der Waals surface area contributed by atoms with Crippen LogP contribution in [0.5, 0.6) is 0 Å². The predicted molar refractivity (Wildman–Crippen MR) is 83.4 cm³/mol. The maximum Gasteiger partial charge on any atom is 0.269 e. The molecular weight excluding hydrogens is 272 g/mol. The van der Waals surface area contributed by atoms with Crippen LogP contribution in [0.15, 0.2) is 53.4 Å². The van der Waals surface area contributed by atoms with Crippen LogP contribution in [0.2, 0.25) is 0 Å². The van der Waals surface area contributed by atoms with Gasteiger partial charge in [0.05, 0.1) is 4.92 Å². The highest BCUT2D eigenvalue weighted by atomic mass is 32.2. The molecule has 0 saturated carbocycles. The first-order valence-electron chi connectivity index (χ1n) is 6.25. The highest BCUT2D eigenvalue weighted by Gasteiger charge is 2.10. The molecule has 20 heavy (non-hydrogen) atoms. The molecule has 0 bridgehead atoms. The van der Waals surface area contributed by atoms with E-state index in [1.54, 1.807) is 23.9 Å². The molecule has 0 heterocycles. The predicted octanol–water partition coefficient (Wildman–Crippen LogP) is 4.49. The smallest absolute Gasteiger partial charge is 0.269 e. The summed E-state index contributed by atoms with van der Waals surface area (Å²) in [6.07, 6.45) is 2.04. The van der Waals surface area contributed by atoms with Gasteiger partial charge in [0, 0.05) is 28.8 Å². The van der Waals surface area contributed by atoms with E-state index in [0.717, 1.165) is 11.3 Å².